The molecule has 0 aromatic carbocycles. The van der Waals surface area contributed by atoms with E-state index in [-0.39, 0.29) is 31.7 Å². The summed E-state index contributed by atoms with van der Waals surface area (Å²) in [5.74, 6) is -1.64. The Balaban J connectivity index is 0. The van der Waals surface area contributed by atoms with Crippen molar-refractivity contribution in [2.75, 3.05) is 0 Å². The molecule has 0 saturated carbocycles. The van der Waals surface area contributed by atoms with E-state index in [9.17, 15) is 9.59 Å². The van der Waals surface area contributed by atoms with Gasteiger partial charge in [-0.05, 0) is 12.8 Å². The molecule has 0 aliphatic rings. The van der Waals surface area contributed by atoms with Gasteiger partial charge in [0.2, 0.25) is 0 Å². The van der Waals surface area contributed by atoms with E-state index in [2.05, 4.69) is 0 Å². The predicted octanol–water partition coefficient (Wildman–Crippen LogP) is 0.725. The minimum absolute atomic E-state index is 0. The number of rotatable bonds is 6. The van der Waals surface area contributed by atoms with Crippen LogP contribution in [-0.4, -0.2) is 41.0 Å². The first-order valence-electron chi connectivity index (χ1n) is 3.56. The van der Waals surface area contributed by atoms with E-state index < -0.39 is 11.9 Å². The third kappa shape index (κ3) is 12.2. The van der Waals surface area contributed by atoms with Crippen LogP contribution in [0.15, 0.2) is 0 Å². The van der Waals surface area contributed by atoms with Gasteiger partial charge in [-0.2, -0.15) is 0 Å². The molecule has 0 aliphatic heterocycles. The quantitative estimate of drug-likeness (QED) is 0.451. The molecular weight excluding hydrogens is 155 g/mol. The number of carboxylic acids is 2. The van der Waals surface area contributed by atoms with Crippen LogP contribution < -0.4 is 0 Å². The summed E-state index contributed by atoms with van der Waals surface area (Å²) >= 11 is 0. The Bertz CT molecular complexity index is 130. The van der Waals surface area contributed by atoms with Crippen molar-refractivity contribution in [2.45, 2.75) is 32.1 Å². The molecule has 0 heterocycles. The number of unbranched alkanes of at least 4 members (excludes halogenated alkanes) is 2. The Morgan fingerprint density at radius 2 is 1.17 bits per heavy atom. The van der Waals surface area contributed by atoms with Gasteiger partial charge in [-0.3, -0.25) is 9.59 Å². The SMILES string of the molecule is O=C(O)CCCCCC(=O)O.[Li]. The number of carbonyl (C=O) groups is 2. The number of carboxylic acid groups (broad SMARTS) is 2. The van der Waals surface area contributed by atoms with Crippen molar-refractivity contribution >= 4 is 30.8 Å². The van der Waals surface area contributed by atoms with E-state index in [1.165, 1.54) is 0 Å². The number of hydrogen-bond donors (Lipinski definition) is 2. The fourth-order valence-electron chi connectivity index (χ4n) is 0.729. The maximum Gasteiger partial charge on any atom is 0.303 e. The second-order valence-corrected chi connectivity index (χ2v) is 2.35. The van der Waals surface area contributed by atoms with Gasteiger partial charge in [0.05, 0.1) is 0 Å². The molecule has 0 spiro atoms. The maximum absolute atomic E-state index is 9.98. The monoisotopic (exact) mass is 167 g/mol. The summed E-state index contributed by atoms with van der Waals surface area (Å²) in [6.45, 7) is 0. The van der Waals surface area contributed by atoms with Crippen LogP contribution >= 0.6 is 0 Å². The van der Waals surface area contributed by atoms with E-state index in [0.717, 1.165) is 0 Å². The van der Waals surface area contributed by atoms with Crippen molar-refractivity contribution in [3.05, 3.63) is 0 Å². The zero-order chi connectivity index (χ0) is 8.69. The van der Waals surface area contributed by atoms with Gasteiger partial charge in [0, 0.05) is 31.7 Å². The molecule has 0 atom stereocenters. The van der Waals surface area contributed by atoms with Crippen molar-refractivity contribution < 1.29 is 19.8 Å². The minimum Gasteiger partial charge on any atom is -0.481 e. The van der Waals surface area contributed by atoms with Crippen LogP contribution in [-0.2, 0) is 9.59 Å². The average Bonchev–Trinajstić information content (AvgIpc) is 1.85. The van der Waals surface area contributed by atoms with Crippen LogP contribution in [0.4, 0.5) is 0 Å². The molecule has 0 amide bonds. The molecule has 1 radical (unpaired) electrons. The molecule has 2 N–H and O–H groups in total. The third-order valence-corrected chi connectivity index (χ3v) is 1.28. The second kappa shape index (κ2) is 8.63. The van der Waals surface area contributed by atoms with Crippen LogP contribution in [0.2, 0.25) is 0 Å². The van der Waals surface area contributed by atoms with Crippen LogP contribution in [0.5, 0.6) is 0 Å². The Kier molecular flexibility index (Phi) is 10.1. The first-order chi connectivity index (χ1) is 5.13. The molecule has 0 aliphatic carbocycles. The summed E-state index contributed by atoms with van der Waals surface area (Å²) in [5.41, 5.74) is 0. The van der Waals surface area contributed by atoms with Gasteiger partial charge in [0.1, 0.15) is 0 Å². The van der Waals surface area contributed by atoms with Gasteiger partial charge in [-0.1, -0.05) is 6.42 Å². The van der Waals surface area contributed by atoms with Gasteiger partial charge >= 0.3 is 11.9 Å². The summed E-state index contributed by atoms with van der Waals surface area (Å²) < 4.78 is 0. The van der Waals surface area contributed by atoms with Crippen molar-refractivity contribution in [3.8, 4) is 0 Å². The van der Waals surface area contributed by atoms with Gasteiger partial charge in [0.25, 0.3) is 0 Å². The van der Waals surface area contributed by atoms with Gasteiger partial charge in [-0.15, -0.1) is 0 Å². The van der Waals surface area contributed by atoms with E-state index in [1.54, 1.807) is 0 Å². The van der Waals surface area contributed by atoms with Crippen LogP contribution in [0.1, 0.15) is 32.1 Å². The molecule has 0 aromatic heterocycles. The molecule has 0 fully saturated rings. The van der Waals surface area contributed by atoms with Crippen molar-refractivity contribution in [1.82, 2.24) is 0 Å². The predicted molar refractivity (Wildman–Crippen MR) is 44.1 cm³/mol. The summed E-state index contributed by atoms with van der Waals surface area (Å²) in [5, 5.41) is 16.4. The molecule has 0 rings (SSSR count). The molecule has 5 heteroatoms. The Morgan fingerprint density at radius 1 is 0.833 bits per heavy atom. The molecule has 12 heavy (non-hydrogen) atoms. The first kappa shape index (κ1) is 14.1. The van der Waals surface area contributed by atoms with Gasteiger partial charge in [-0.25, -0.2) is 0 Å². The smallest absolute Gasteiger partial charge is 0.303 e. The zero-order valence-corrected chi connectivity index (χ0v) is 7.25. The molecule has 0 saturated heterocycles. The summed E-state index contributed by atoms with van der Waals surface area (Å²) in [6, 6.07) is 0. The Morgan fingerprint density at radius 3 is 1.42 bits per heavy atom. The second-order valence-electron chi connectivity index (χ2n) is 2.35. The maximum atomic E-state index is 9.98. The molecule has 0 unspecified atom stereocenters. The molecule has 4 nitrogen and oxygen atoms in total. The normalized spacial score (nSPS) is 8.67. The van der Waals surface area contributed by atoms with Crippen molar-refractivity contribution in [2.24, 2.45) is 0 Å². The molecule has 65 valence electrons. The summed E-state index contributed by atoms with van der Waals surface area (Å²) in [7, 11) is 0. The molecule has 0 bridgehead atoms. The minimum atomic E-state index is -0.819. The van der Waals surface area contributed by atoms with Crippen LogP contribution in [0, 0.1) is 0 Å². The average molecular weight is 167 g/mol. The summed E-state index contributed by atoms with van der Waals surface area (Å²) in [4.78, 5) is 20.0. The molecular formula is C7H12LiO4. The Hall–Kier alpha value is -0.463. The van der Waals surface area contributed by atoms with Crippen molar-refractivity contribution in [3.63, 3.8) is 0 Å². The third-order valence-electron chi connectivity index (χ3n) is 1.28. The number of hydrogen-bond acceptors (Lipinski definition) is 2. The van der Waals surface area contributed by atoms with E-state index >= 15 is 0 Å². The van der Waals surface area contributed by atoms with Crippen LogP contribution in [0.3, 0.4) is 0 Å². The van der Waals surface area contributed by atoms with E-state index in [1.807, 2.05) is 0 Å². The fraction of sp³-hybridized carbons (Fsp3) is 0.714. The standard InChI is InChI=1S/C7H12O4.Li/c8-6(9)4-2-1-3-5-7(10)11;/h1-5H2,(H,8,9)(H,10,11);. The number of aliphatic carboxylic acids is 2. The van der Waals surface area contributed by atoms with Gasteiger partial charge < -0.3 is 10.2 Å². The van der Waals surface area contributed by atoms with Gasteiger partial charge in [0.15, 0.2) is 0 Å². The van der Waals surface area contributed by atoms with E-state index in [4.69, 9.17) is 10.2 Å². The Labute approximate surface area is 83.1 Å². The topological polar surface area (TPSA) is 74.6 Å². The fourth-order valence-corrected chi connectivity index (χ4v) is 0.729. The largest absolute Gasteiger partial charge is 0.481 e. The first-order valence-corrected chi connectivity index (χ1v) is 3.56. The molecule has 0 aromatic rings. The van der Waals surface area contributed by atoms with E-state index in [0.29, 0.717) is 19.3 Å². The van der Waals surface area contributed by atoms with Crippen molar-refractivity contribution in [1.29, 1.82) is 0 Å². The van der Waals surface area contributed by atoms with Crippen LogP contribution in [0.25, 0.3) is 0 Å². The summed E-state index contributed by atoms with van der Waals surface area (Å²) in [6.07, 6.45) is 2.10. The zero-order valence-electron chi connectivity index (χ0n) is 7.25.